The van der Waals surface area contributed by atoms with Crippen LogP contribution in [0, 0.1) is 11.3 Å². The van der Waals surface area contributed by atoms with Gasteiger partial charge in [0.15, 0.2) is 6.61 Å². The molecule has 6 heteroatoms. The number of carbonyl (C=O) groups excluding carboxylic acids is 1. The van der Waals surface area contributed by atoms with Crippen molar-refractivity contribution in [1.29, 1.82) is 0 Å². The number of amides is 1. The van der Waals surface area contributed by atoms with E-state index in [0.29, 0.717) is 5.69 Å². The van der Waals surface area contributed by atoms with E-state index in [-0.39, 0.29) is 28.0 Å². The Balaban J connectivity index is 2.76. The average molecular weight is 314 g/mol. The summed E-state index contributed by atoms with van der Waals surface area (Å²) in [6.07, 6.45) is 0. The summed E-state index contributed by atoms with van der Waals surface area (Å²) in [5, 5.41) is 11.6. The van der Waals surface area contributed by atoms with Gasteiger partial charge in [-0.15, -0.1) is 0 Å². The molecule has 0 fully saturated rings. The molecule has 116 valence electrons. The van der Waals surface area contributed by atoms with Crippen LogP contribution in [0.1, 0.15) is 27.7 Å². The Kier molecular flexibility index (Phi) is 5.61. The zero-order valence-corrected chi connectivity index (χ0v) is 13.3. The number of carboxylic acid groups (broad SMARTS) is 1. The summed E-state index contributed by atoms with van der Waals surface area (Å²) >= 11 is 6.00. The van der Waals surface area contributed by atoms with E-state index in [1.807, 2.05) is 27.7 Å². The first-order chi connectivity index (χ1) is 9.61. The van der Waals surface area contributed by atoms with Crippen LogP contribution in [0.4, 0.5) is 5.69 Å². The number of rotatable bonds is 5. The highest BCUT2D eigenvalue weighted by molar-refractivity contribution is 6.32. The summed E-state index contributed by atoms with van der Waals surface area (Å²) in [4.78, 5) is 22.5. The van der Waals surface area contributed by atoms with Gasteiger partial charge in [0, 0.05) is 11.6 Å². The van der Waals surface area contributed by atoms with Crippen molar-refractivity contribution in [2.24, 2.45) is 11.3 Å². The van der Waals surface area contributed by atoms with Crippen LogP contribution < -0.4 is 10.1 Å². The lowest BCUT2D eigenvalue weighted by Gasteiger charge is -2.26. The van der Waals surface area contributed by atoms with E-state index in [9.17, 15) is 9.59 Å². The lowest BCUT2D eigenvalue weighted by molar-refractivity contribution is -0.139. The molecule has 5 nitrogen and oxygen atoms in total. The normalized spacial score (nSPS) is 12.6. The number of carbonyl (C=O) groups is 2. The molecule has 0 aromatic heterocycles. The van der Waals surface area contributed by atoms with Gasteiger partial charge in [-0.2, -0.15) is 0 Å². The summed E-state index contributed by atoms with van der Waals surface area (Å²) in [5.41, 5.74) is 0.405. The van der Waals surface area contributed by atoms with E-state index in [1.54, 1.807) is 6.07 Å². The Morgan fingerprint density at radius 2 is 2.00 bits per heavy atom. The van der Waals surface area contributed by atoms with Crippen LogP contribution in [-0.4, -0.2) is 23.6 Å². The second kappa shape index (κ2) is 6.80. The van der Waals surface area contributed by atoms with E-state index >= 15 is 0 Å². The highest BCUT2D eigenvalue weighted by Gasteiger charge is 2.26. The van der Waals surface area contributed by atoms with Crippen LogP contribution in [0.3, 0.4) is 0 Å². The van der Waals surface area contributed by atoms with Crippen LogP contribution in [0.25, 0.3) is 0 Å². The summed E-state index contributed by atoms with van der Waals surface area (Å²) in [5.74, 6) is -1.08. The number of carboxylic acids is 1. The number of ether oxygens (including phenoxy) is 1. The number of hydrogen-bond donors (Lipinski definition) is 2. The molecule has 0 heterocycles. The standard InChI is InChI=1S/C15H20ClNO4/c1-9(15(2,3)4)14(20)17-10-5-6-12(11(16)7-10)21-8-13(18)19/h5-7,9H,8H2,1-4H3,(H,17,20)(H,18,19). The van der Waals surface area contributed by atoms with Crippen molar-refractivity contribution >= 4 is 29.2 Å². The molecule has 0 radical (unpaired) electrons. The van der Waals surface area contributed by atoms with Crippen LogP contribution in [0.15, 0.2) is 18.2 Å². The molecule has 21 heavy (non-hydrogen) atoms. The highest BCUT2D eigenvalue weighted by atomic mass is 35.5. The molecular formula is C15H20ClNO4. The summed E-state index contributed by atoms with van der Waals surface area (Å²) in [7, 11) is 0. The van der Waals surface area contributed by atoms with Gasteiger partial charge in [0.25, 0.3) is 0 Å². The SMILES string of the molecule is CC(C(=O)Nc1ccc(OCC(=O)O)c(Cl)c1)C(C)(C)C. The first-order valence-electron chi connectivity index (χ1n) is 6.56. The molecule has 1 aromatic carbocycles. The molecule has 1 unspecified atom stereocenters. The maximum atomic E-state index is 12.1. The molecule has 0 saturated heterocycles. The minimum Gasteiger partial charge on any atom is -0.480 e. The van der Waals surface area contributed by atoms with Gasteiger partial charge in [0.1, 0.15) is 5.75 Å². The van der Waals surface area contributed by atoms with E-state index < -0.39 is 12.6 Å². The Morgan fingerprint density at radius 3 is 2.48 bits per heavy atom. The second-order valence-corrected chi connectivity index (χ2v) is 6.31. The van der Waals surface area contributed by atoms with E-state index in [2.05, 4.69) is 5.32 Å². The summed E-state index contributed by atoms with van der Waals surface area (Å²) in [6, 6.07) is 4.69. The number of benzene rings is 1. The van der Waals surface area contributed by atoms with Gasteiger partial charge in [-0.05, 0) is 23.6 Å². The molecule has 2 N–H and O–H groups in total. The van der Waals surface area contributed by atoms with E-state index in [4.69, 9.17) is 21.4 Å². The quantitative estimate of drug-likeness (QED) is 0.873. The maximum Gasteiger partial charge on any atom is 0.341 e. The predicted molar refractivity (Wildman–Crippen MR) is 81.8 cm³/mol. The molecule has 1 atom stereocenters. The first-order valence-corrected chi connectivity index (χ1v) is 6.94. The molecule has 0 saturated carbocycles. The van der Waals surface area contributed by atoms with E-state index in [0.717, 1.165) is 0 Å². The molecule has 0 aliphatic rings. The minimum absolute atomic E-state index is 0.0993. The minimum atomic E-state index is -1.08. The lowest BCUT2D eigenvalue weighted by atomic mass is 9.81. The smallest absolute Gasteiger partial charge is 0.341 e. The molecule has 1 amide bonds. The van der Waals surface area contributed by atoms with Gasteiger partial charge in [-0.1, -0.05) is 39.3 Å². The van der Waals surface area contributed by atoms with Crippen LogP contribution in [0.2, 0.25) is 5.02 Å². The number of aliphatic carboxylic acids is 1. The highest BCUT2D eigenvalue weighted by Crippen LogP contribution is 2.30. The van der Waals surface area contributed by atoms with Crippen LogP contribution in [-0.2, 0) is 9.59 Å². The third-order valence-electron chi connectivity index (χ3n) is 3.24. The van der Waals surface area contributed by atoms with Gasteiger partial charge >= 0.3 is 5.97 Å². The molecule has 0 bridgehead atoms. The lowest BCUT2D eigenvalue weighted by Crippen LogP contribution is -2.30. The fourth-order valence-electron chi connectivity index (χ4n) is 1.48. The van der Waals surface area contributed by atoms with Gasteiger partial charge in [-0.25, -0.2) is 4.79 Å². The molecule has 0 spiro atoms. The predicted octanol–water partition coefficient (Wildman–Crippen LogP) is 3.42. The van der Waals surface area contributed by atoms with Gasteiger partial charge in [-0.3, -0.25) is 4.79 Å². The number of halogens is 1. The molecule has 1 aromatic rings. The third-order valence-corrected chi connectivity index (χ3v) is 3.54. The zero-order chi connectivity index (χ0) is 16.2. The number of anilines is 1. The first kappa shape index (κ1) is 17.3. The molecule has 0 aliphatic heterocycles. The Hall–Kier alpha value is -1.75. The third kappa shape index (κ3) is 5.27. The fraction of sp³-hybridized carbons (Fsp3) is 0.467. The maximum absolute atomic E-state index is 12.1. The molecule has 0 aliphatic carbocycles. The summed E-state index contributed by atoms with van der Waals surface area (Å²) in [6.45, 7) is 7.38. The molecule has 1 rings (SSSR count). The van der Waals surface area contributed by atoms with Crippen molar-refractivity contribution in [2.45, 2.75) is 27.7 Å². The average Bonchev–Trinajstić information content (AvgIpc) is 2.35. The van der Waals surface area contributed by atoms with Crippen molar-refractivity contribution in [3.05, 3.63) is 23.2 Å². The Bertz CT molecular complexity index is 537. The Morgan fingerprint density at radius 1 is 1.38 bits per heavy atom. The summed E-state index contributed by atoms with van der Waals surface area (Å²) < 4.78 is 5.02. The van der Waals surface area contributed by atoms with Gasteiger partial charge in [0.05, 0.1) is 5.02 Å². The second-order valence-electron chi connectivity index (χ2n) is 5.90. The largest absolute Gasteiger partial charge is 0.480 e. The van der Waals surface area contributed by atoms with Crippen LogP contribution in [0.5, 0.6) is 5.75 Å². The van der Waals surface area contributed by atoms with Crippen LogP contribution >= 0.6 is 11.6 Å². The van der Waals surface area contributed by atoms with Crippen molar-refractivity contribution in [2.75, 3.05) is 11.9 Å². The van der Waals surface area contributed by atoms with Crippen molar-refractivity contribution < 1.29 is 19.4 Å². The topological polar surface area (TPSA) is 75.6 Å². The Labute approximate surface area is 129 Å². The van der Waals surface area contributed by atoms with Gasteiger partial charge < -0.3 is 15.2 Å². The molecular weight excluding hydrogens is 294 g/mol. The fourth-order valence-corrected chi connectivity index (χ4v) is 1.71. The van der Waals surface area contributed by atoms with Crippen molar-refractivity contribution in [3.8, 4) is 5.75 Å². The number of hydrogen-bond acceptors (Lipinski definition) is 3. The van der Waals surface area contributed by atoms with Crippen molar-refractivity contribution in [3.63, 3.8) is 0 Å². The van der Waals surface area contributed by atoms with E-state index in [1.165, 1.54) is 12.1 Å². The van der Waals surface area contributed by atoms with Gasteiger partial charge in [0.2, 0.25) is 5.91 Å². The monoisotopic (exact) mass is 313 g/mol. The van der Waals surface area contributed by atoms with Crippen molar-refractivity contribution in [1.82, 2.24) is 0 Å². The zero-order valence-electron chi connectivity index (χ0n) is 12.6. The number of nitrogens with one attached hydrogen (secondary N) is 1.